The molecule has 1 aromatic heterocycles. The molecule has 1 rings (SSSR count). The van der Waals surface area contributed by atoms with Gasteiger partial charge in [0.15, 0.2) is 0 Å². The largest absolute Gasteiger partial charge is 0.357 e. The van der Waals surface area contributed by atoms with Gasteiger partial charge in [-0.2, -0.15) is 0 Å². The zero-order valence-corrected chi connectivity index (χ0v) is 8.83. The Bertz CT molecular complexity index is 282. The van der Waals surface area contributed by atoms with Crippen molar-refractivity contribution in [2.75, 3.05) is 6.54 Å². The van der Waals surface area contributed by atoms with E-state index in [0.29, 0.717) is 5.84 Å². The van der Waals surface area contributed by atoms with Gasteiger partial charge >= 0.3 is 0 Å². The predicted molar refractivity (Wildman–Crippen MR) is 58.3 cm³/mol. The van der Waals surface area contributed by atoms with E-state index in [1.807, 2.05) is 19.1 Å². The summed E-state index contributed by atoms with van der Waals surface area (Å²) in [6, 6.07) is 3.98. The fourth-order valence-electron chi connectivity index (χ4n) is 1.33. The Kier molecular flexibility index (Phi) is 4.11. The van der Waals surface area contributed by atoms with E-state index < -0.39 is 0 Å². The van der Waals surface area contributed by atoms with Gasteiger partial charge in [0.1, 0.15) is 0 Å². The minimum Gasteiger partial charge on any atom is -0.357 e. The lowest BCUT2D eigenvalue weighted by atomic mass is 10.2. The molecule has 0 bridgehead atoms. The van der Waals surface area contributed by atoms with Crippen molar-refractivity contribution in [3.8, 4) is 0 Å². The van der Waals surface area contributed by atoms with Gasteiger partial charge in [0.25, 0.3) is 0 Å². The van der Waals surface area contributed by atoms with E-state index in [9.17, 15) is 0 Å². The van der Waals surface area contributed by atoms with Gasteiger partial charge in [-0.1, -0.05) is 6.92 Å². The van der Waals surface area contributed by atoms with Crippen LogP contribution in [0.4, 0.5) is 0 Å². The molecule has 1 heterocycles. The molecule has 0 saturated heterocycles. The Morgan fingerprint density at radius 1 is 1.36 bits per heavy atom. The molecule has 3 nitrogen and oxygen atoms in total. The average Bonchev–Trinajstić information content (AvgIpc) is 2.26. The molecule has 0 aliphatic heterocycles. The highest BCUT2D eigenvalue weighted by atomic mass is 15.2. The molecule has 0 fully saturated rings. The molecule has 0 amide bonds. The van der Waals surface area contributed by atoms with Gasteiger partial charge in [0, 0.05) is 31.9 Å². The van der Waals surface area contributed by atoms with E-state index in [2.05, 4.69) is 16.8 Å². The second-order valence-electron chi connectivity index (χ2n) is 3.17. The van der Waals surface area contributed by atoms with E-state index in [0.717, 1.165) is 19.5 Å². The standard InChI is InChI=1S/C11H17N3/c1-3-11(12)14(4-2)9-10-5-7-13-8-6-10/h5-8,12H,3-4,9H2,1-2H3. The second-order valence-corrected chi connectivity index (χ2v) is 3.17. The average molecular weight is 191 g/mol. The summed E-state index contributed by atoms with van der Waals surface area (Å²) in [5.74, 6) is 0.698. The summed E-state index contributed by atoms with van der Waals surface area (Å²) in [7, 11) is 0. The zero-order valence-electron chi connectivity index (χ0n) is 8.83. The smallest absolute Gasteiger partial charge is 0.0957 e. The van der Waals surface area contributed by atoms with Crippen molar-refractivity contribution in [2.24, 2.45) is 0 Å². The molecule has 0 saturated carbocycles. The third-order valence-corrected chi connectivity index (χ3v) is 2.22. The third-order valence-electron chi connectivity index (χ3n) is 2.22. The highest BCUT2D eigenvalue weighted by molar-refractivity contribution is 5.78. The maximum Gasteiger partial charge on any atom is 0.0957 e. The molecule has 76 valence electrons. The van der Waals surface area contributed by atoms with Crippen LogP contribution in [0.3, 0.4) is 0 Å². The Hall–Kier alpha value is -1.38. The molecular formula is C11H17N3. The summed E-state index contributed by atoms with van der Waals surface area (Å²) in [6.45, 7) is 5.78. The Morgan fingerprint density at radius 2 is 2.00 bits per heavy atom. The first kappa shape index (κ1) is 10.7. The number of nitrogens with one attached hydrogen (secondary N) is 1. The first-order chi connectivity index (χ1) is 6.77. The molecule has 0 aliphatic carbocycles. The fraction of sp³-hybridized carbons (Fsp3) is 0.455. The maximum absolute atomic E-state index is 7.75. The van der Waals surface area contributed by atoms with Crippen LogP contribution in [-0.4, -0.2) is 22.3 Å². The van der Waals surface area contributed by atoms with Crippen LogP contribution in [0.25, 0.3) is 0 Å². The molecule has 0 unspecified atom stereocenters. The highest BCUT2D eigenvalue weighted by Gasteiger charge is 2.05. The van der Waals surface area contributed by atoms with Gasteiger partial charge in [-0.25, -0.2) is 0 Å². The first-order valence-corrected chi connectivity index (χ1v) is 4.99. The fourth-order valence-corrected chi connectivity index (χ4v) is 1.33. The third kappa shape index (κ3) is 2.83. The molecule has 0 spiro atoms. The Balaban J connectivity index is 2.62. The van der Waals surface area contributed by atoms with Gasteiger partial charge in [-0.05, 0) is 24.6 Å². The number of rotatable bonds is 4. The van der Waals surface area contributed by atoms with Gasteiger partial charge in [-0.3, -0.25) is 10.4 Å². The molecule has 1 N–H and O–H groups in total. The summed E-state index contributed by atoms with van der Waals surface area (Å²) in [5, 5.41) is 7.75. The van der Waals surface area contributed by atoms with Crippen LogP contribution in [-0.2, 0) is 6.54 Å². The van der Waals surface area contributed by atoms with Crippen LogP contribution >= 0.6 is 0 Å². The highest BCUT2D eigenvalue weighted by Crippen LogP contribution is 2.04. The number of hydrogen-bond donors (Lipinski definition) is 1. The molecule has 3 heteroatoms. The zero-order chi connectivity index (χ0) is 10.4. The van der Waals surface area contributed by atoms with Crippen LogP contribution in [0, 0.1) is 5.41 Å². The van der Waals surface area contributed by atoms with Crippen LogP contribution in [0.1, 0.15) is 25.8 Å². The molecule has 0 aromatic carbocycles. The van der Waals surface area contributed by atoms with Crippen molar-refractivity contribution < 1.29 is 0 Å². The van der Waals surface area contributed by atoms with E-state index in [4.69, 9.17) is 5.41 Å². The summed E-state index contributed by atoms with van der Waals surface area (Å²) in [6.07, 6.45) is 4.37. The molecular weight excluding hydrogens is 174 g/mol. The minimum absolute atomic E-state index is 0.698. The lowest BCUT2D eigenvalue weighted by molar-refractivity contribution is 0.424. The number of aromatic nitrogens is 1. The van der Waals surface area contributed by atoms with E-state index in [-0.39, 0.29) is 0 Å². The lowest BCUT2D eigenvalue weighted by Crippen LogP contribution is -2.28. The van der Waals surface area contributed by atoms with E-state index in [1.165, 1.54) is 5.56 Å². The van der Waals surface area contributed by atoms with Gasteiger partial charge in [0.05, 0.1) is 5.84 Å². The number of hydrogen-bond acceptors (Lipinski definition) is 2. The molecule has 1 aromatic rings. The normalized spacial score (nSPS) is 9.86. The van der Waals surface area contributed by atoms with Crippen LogP contribution < -0.4 is 0 Å². The van der Waals surface area contributed by atoms with Crippen molar-refractivity contribution in [1.29, 1.82) is 5.41 Å². The summed E-state index contributed by atoms with van der Waals surface area (Å²) >= 11 is 0. The molecule has 0 radical (unpaired) electrons. The Morgan fingerprint density at radius 3 is 2.50 bits per heavy atom. The SMILES string of the molecule is CCC(=N)N(CC)Cc1ccncc1. The molecule has 0 atom stereocenters. The molecule has 0 aliphatic rings. The molecule has 14 heavy (non-hydrogen) atoms. The van der Waals surface area contributed by atoms with Crippen molar-refractivity contribution >= 4 is 5.84 Å². The predicted octanol–water partition coefficient (Wildman–Crippen LogP) is 2.29. The number of pyridine rings is 1. The van der Waals surface area contributed by atoms with E-state index in [1.54, 1.807) is 12.4 Å². The van der Waals surface area contributed by atoms with Crippen molar-refractivity contribution in [2.45, 2.75) is 26.8 Å². The van der Waals surface area contributed by atoms with Crippen molar-refractivity contribution in [1.82, 2.24) is 9.88 Å². The van der Waals surface area contributed by atoms with E-state index >= 15 is 0 Å². The van der Waals surface area contributed by atoms with Crippen LogP contribution in [0.15, 0.2) is 24.5 Å². The minimum atomic E-state index is 0.698. The second kappa shape index (κ2) is 5.37. The summed E-state index contributed by atoms with van der Waals surface area (Å²) in [5.41, 5.74) is 1.21. The van der Waals surface area contributed by atoms with Crippen LogP contribution in [0.5, 0.6) is 0 Å². The quantitative estimate of drug-likeness (QED) is 0.586. The maximum atomic E-state index is 7.75. The van der Waals surface area contributed by atoms with Gasteiger partial charge in [0.2, 0.25) is 0 Å². The van der Waals surface area contributed by atoms with Gasteiger partial charge < -0.3 is 4.90 Å². The van der Waals surface area contributed by atoms with Crippen molar-refractivity contribution in [3.05, 3.63) is 30.1 Å². The number of nitrogens with zero attached hydrogens (tertiary/aromatic N) is 2. The monoisotopic (exact) mass is 191 g/mol. The topological polar surface area (TPSA) is 40.0 Å². The summed E-state index contributed by atoms with van der Waals surface area (Å²) < 4.78 is 0. The Labute approximate surface area is 85.3 Å². The van der Waals surface area contributed by atoms with Crippen molar-refractivity contribution in [3.63, 3.8) is 0 Å². The van der Waals surface area contributed by atoms with Gasteiger partial charge in [-0.15, -0.1) is 0 Å². The number of amidine groups is 1. The summed E-state index contributed by atoms with van der Waals surface area (Å²) in [4.78, 5) is 6.04. The lowest BCUT2D eigenvalue weighted by Gasteiger charge is -2.22. The first-order valence-electron chi connectivity index (χ1n) is 4.99. The van der Waals surface area contributed by atoms with Crippen LogP contribution in [0.2, 0.25) is 0 Å².